The third-order valence-electron chi connectivity index (χ3n) is 2.77. The Kier molecular flexibility index (Phi) is 8.84. The Labute approximate surface area is 172 Å². The maximum atomic E-state index is 13.1. The van der Waals surface area contributed by atoms with E-state index in [0.717, 1.165) is 6.92 Å². The first kappa shape index (κ1) is 27.1. The second-order valence-electron chi connectivity index (χ2n) is 4.50. The van der Waals surface area contributed by atoms with Crippen molar-refractivity contribution in [2.24, 2.45) is 0 Å². The van der Waals surface area contributed by atoms with Gasteiger partial charge >= 0.3 is 80.3 Å². The molecule has 0 amide bonds. The van der Waals surface area contributed by atoms with Gasteiger partial charge in [-0.15, -0.1) is 0 Å². The number of alkyl halides is 10. The molecule has 0 aromatic rings. The minimum absolute atomic E-state index is 0. The molecule has 0 bridgehead atoms. The smallest absolute Gasteiger partial charge is 0.743 e. The Bertz CT molecular complexity index is 534. The van der Waals surface area contributed by atoms with Crippen molar-refractivity contribution in [3.05, 3.63) is 0 Å². The van der Waals surface area contributed by atoms with Gasteiger partial charge in [0.25, 0.3) is 0 Å². The molecule has 0 unspecified atom stereocenters. The second-order valence-corrected chi connectivity index (χ2v) is 5.92. The fourth-order valence-corrected chi connectivity index (χ4v) is 1.76. The van der Waals surface area contributed by atoms with E-state index in [1.807, 2.05) is 0 Å². The molecular formula is C9H9F10KO3S. The maximum absolute atomic E-state index is 13.1. The van der Waals surface area contributed by atoms with Crippen LogP contribution >= 0.6 is 0 Å². The zero-order valence-electron chi connectivity index (χ0n) is 12.0. The van der Waals surface area contributed by atoms with Gasteiger partial charge in [-0.05, 0) is 6.42 Å². The summed E-state index contributed by atoms with van der Waals surface area (Å²) in [4.78, 5) is 0. The predicted molar refractivity (Wildman–Crippen MR) is 54.0 cm³/mol. The molecule has 0 spiro atoms. The van der Waals surface area contributed by atoms with E-state index in [2.05, 4.69) is 0 Å². The molecule has 0 N–H and O–H groups in total. The molecule has 3 nitrogen and oxygen atoms in total. The van der Waals surface area contributed by atoms with Gasteiger partial charge in [-0.25, -0.2) is 8.42 Å². The average molecular weight is 426 g/mol. The Morgan fingerprint density at radius 3 is 1.46 bits per heavy atom. The van der Waals surface area contributed by atoms with Crippen LogP contribution in [-0.4, -0.2) is 41.9 Å². The number of hydrogen-bond donors (Lipinski definition) is 0. The van der Waals surface area contributed by atoms with Gasteiger partial charge in [0, 0.05) is 6.42 Å². The van der Waals surface area contributed by atoms with Crippen LogP contribution in [0.5, 0.6) is 0 Å². The molecule has 0 heterocycles. The minimum Gasteiger partial charge on any atom is -0.743 e. The molecule has 24 heavy (non-hydrogen) atoms. The van der Waals surface area contributed by atoms with Crippen LogP contribution in [0.15, 0.2) is 0 Å². The maximum Gasteiger partial charge on any atom is 1.00 e. The van der Waals surface area contributed by atoms with Gasteiger partial charge in [-0.3, -0.25) is 0 Å². The molecular weight excluding hydrogens is 417 g/mol. The van der Waals surface area contributed by atoms with Crippen LogP contribution in [-0.2, 0) is 10.1 Å². The SMILES string of the molecule is CCCCC(F)(F)C(F)(F)C(F)(F)C(F)(F)C(F)(F)S(=O)(=O)[O-].[K+]. The standard InChI is InChI=1S/C9H10F10O3S.K/c1-2-3-4-5(10,11)6(12,13)7(14,15)8(16,17)9(18,19)23(20,21)22;/h2-4H2,1H3,(H,20,21,22);/q;+1/p-1. The summed E-state index contributed by atoms with van der Waals surface area (Å²) in [7, 11) is -7.56. The molecule has 0 aromatic carbocycles. The zero-order chi connectivity index (χ0) is 19.1. The third kappa shape index (κ3) is 4.22. The first-order valence-electron chi connectivity index (χ1n) is 5.65. The quantitative estimate of drug-likeness (QED) is 0.329. The molecule has 15 heteroatoms. The Morgan fingerprint density at radius 1 is 0.792 bits per heavy atom. The molecule has 0 saturated carbocycles. The van der Waals surface area contributed by atoms with Crippen LogP contribution in [0.1, 0.15) is 26.2 Å². The van der Waals surface area contributed by atoms with Crippen LogP contribution in [0.25, 0.3) is 0 Å². The minimum atomic E-state index is -7.58. The van der Waals surface area contributed by atoms with Gasteiger partial charge in [0.1, 0.15) is 0 Å². The molecule has 0 saturated heterocycles. The van der Waals surface area contributed by atoms with Crippen molar-refractivity contribution >= 4 is 10.1 Å². The van der Waals surface area contributed by atoms with Crippen molar-refractivity contribution in [2.75, 3.05) is 0 Å². The molecule has 0 atom stereocenters. The molecule has 140 valence electrons. The van der Waals surface area contributed by atoms with Crippen molar-refractivity contribution in [1.82, 2.24) is 0 Å². The first-order valence-corrected chi connectivity index (χ1v) is 7.06. The van der Waals surface area contributed by atoms with Gasteiger partial charge in [-0.1, -0.05) is 13.3 Å². The fraction of sp³-hybridized carbons (Fsp3) is 1.00. The van der Waals surface area contributed by atoms with Crippen molar-refractivity contribution in [2.45, 2.75) is 55.1 Å². The summed E-state index contributed by atoms with van der Waals surface area (Å²) >= 11 is 0. The largest absolute Gasteiger partial charge is 1.00 e. The van der Waals surface area contributed by atoms with Crippen molar-refractivity contribution in [1.29, 1.82) is 0 Å². The Morgan fingerprint density at radius 2 is 1.17 bits per heavy atom. The number of halogens is 10. The summed E-state index contributed by atoms with van der Waals surface area (Å²) in [5, 5.41) is -7.24. The number of unbranched alkanes of at least 4 members (excludes halogenated alkanes) is 1. The van der Waals surface area contributed by atoms with Gasteiger partial charge in [0.05, 0.1) is 0 Å². The summed E-state index contributed by atoms with van der Waals surface area (Å²) in [6.45, 7) is 1.15. The van der Waals surface area contributed by atoms with Crippen molar-refractivity contribution < 1.29 is 108 Å². The van der Waals surface area contributed by atoms with E-state index in [4.69, 9.17) is 0 Å². The van der Waals surface area contributed by atoms with E-state index in [1.54, 1.807) is 0 Å². The molecule has 0 rings (SSSR count). The van der Waals surface area contributed by atoms with Crippen LogP contribution in [0.2, 0.25) is 0 Å². The van der Waals surface area contributed by atoms with Gasteiger partial charge < -0.3 is 4.55 Å². The topological polar surface area (TPSA) is 57.2 Å². The molecule has 0 radical (unpaired) electrons. The van der Waals surface area contributed by atoms with Crippen LogP contribution in [0.3, 0.4) is 0 Å². The van der Waals surface area contributed by atoms with E-state index in [9.17, 15) is 56.9 Å². The van der Waals surface area contributed by atoms with E-state index in [1.165, 1.54) is 0 Å². The van der Waals surface area contributed by atoms with Gasteiger partial charge in [0.15, 0.2) is 10.1 Å². The van der Waals surface area contributed by atoms with Crippen LogP contribution in [0.4, 0.5) is 43.9 Å². The Balaban J connectivity index is 0. The summed E-state index contributed by atoms with van der Waals surface area (Å²) in [5.74, 6) is -28.0. The first-order chi connectivity index (χ1) is 9.81. The second kappa shape index (κ2) is 7.84. The van der Waals surface area contributed by atoms with E-state index in [-0.39, 0.29) is 57.8 Å². The number of hydrogen-bond acceptors (Lipinski definition) is 3. The molecule has 0 aliphatic carbocycles. The normalized spacial score (nSPS) is 15.2. The summed E-state index contributed by atoms with van der Waals surface area (Å²) in [6.07, 6.45) is -3.16. The molecule has 0 aromatic heterocycles. The van der Waals surface area contributed by atoms with Gasteiger partial charge in [-0.2, -0.15) is 43.9 Å². The van der Waals surface area contributed by atoms with E-state index in [0.29, 0.717) is 0 Å². The number of rotatable bonds is 8. The predicted octanol–water partition coefficient (Wildman–Crippen LogP) is 0.860. The zero-order valence-corrected chi connectivity index (χ0v) is 16.0. The van der Waals surface area contributed by atoms with Crippen molar-refractivity contribution in [3.63, 3.8) is 0 Å². The summed E-state index contributed by atoms with van der Waals surface area (Å²) in [6, 6.07) is 0. The molecule has 0 fully saturated rings. The molecule has 0 aliphatic heterocycles. The average Bonchev–Trinajstić information content (AvgIpc) is 2.34. The van der Waals surface area contributed by atoms with Crippen LogP contribution in [0, 0.1) is 0 Å². The molecule has 0 aliphatic rings. The summed E-state index contributed by atoms with van der Waals surface area (Å²) < 4.78 is 159. The third-order valence-corrected chi connectivity index (χ3v) is 3.66. The van der Waals surface area contributed by atoms with Crippen LogP contribution < -0.4 is 51.4 Å². The van der Waals surface area contributed by atoms with E-state index >= 15 is 0 Å². The van der Waals surface area contributed by atoms with Gasteiger partial charge in [0.2, 0.25) is 0 Å². The van der Waals surface area contributed by atoms with Crippen molar-refractivity contribution in [3.8, 4) is 0 Å². The fourth-order valence-electron chi connectivity index (χ4n) is 1.32. The summed E-state index contributed by atoms with van der Waals surface area (Å²) in [5.41, 5.74) is 0. The monoisotopic (exact) mass is 426 g/mol. The van der Waals surface area contributed by atoms with E-state index < -0.39 is 51.9 Å². The Hall–Kier alpha value is 0.846.